The van der Waals surface area contributed by atoms with Gasteiger partial charge in [0, 0.05) is 16.5 Å². The summed E-state index contributed by atoms with van der Waals surface area (Å²) in [5, 5.41) is 1.18. The lowest BCUT2D eigenvalue weighted by molar-refractivity contribution is -0.149. The maximum atomic E-state index is 12.2. The molecule has 2 aromatic rings. The minimum absolute atomic E-state index is 0.0221. The van der Waals surface area contributed by atoms with E-state index in [1.807, 2.05) is 24.3 Å². The van der Waals surface area contributed by atoms with Gasteiger partial charge in [-0.15, -0.1) is 0 Å². The topological polar surface area (TPSA) is 75.7 Å². The van der Waals surface area contributed by atoms with Gasteiger partial charge in [-0.2, -0.15) is 0 Å². The number of rotatable bonds is 5. The van der Waals surface area contributed by atoms with E-state index in [-0.39, 0.29) is 31.4 Å². The van der Waals surface area contributed by atoms with E-state index >= 15 is 0 Å². The molecule has 6 nitrogen and oxygen atoms in total. The van der Waals surface area contributed by atoms with Crippen LogP contribution in [-0.2, 0) is 20.9 Å². The molecule has 1 saturated heterocycles. The Hall–Kier alpha value is -2.67. The molecule has 2 amide bonds. The number of nitrogens with one attached hydrogen (secondary N) is 1. The summed E-state index contributed by atoms with van der Waals surface area (Å²) >= 11 is 3.34. The average Bonchev–Trinajstić information content (AvgIpc) is 3.02. The molecule has 1 aliphatic heterocycles. The molecule has 26 heavy (non-hydrogen) atoms. The third kappa shape index (κ3) is 4.49. The van der Waals surface area contributed by atoms with Crippen LogP contribution >= 0.6 is 15.9 Å². The zero-order valence-electron chi connectivity index (χ0n) is 13.9. The van der Waals surface area contributed by atoms with Crippen molar-refractivity contribution in [1.82, 2.24) is 10.4 Å². The van der Waals surface area contributed by atoms with Gasteiger partial charge in [0.1, 0.15) is 6.61 Å². The summed E-state index contributed by atoms with van der Waals surface area (Å²) in [6.07, 6.45) is 0.0221. The molecular formula is C19H17BrN2O4. The molecule has 0 aliphatic carbocycles. The zero-order valence-corrected chi connectivity index (χ0v) is 15.4. The Morgan fingerprint density at radius 1 is 1.12 bits per heavy atom. The number of hydrogen-bond donors (Lipinski definition) is 1. The first-order valence-corrected chi connectivity index (χ1v) is 8.89. The molecule has 0 bridgehead atoms. The summed E-state index contributed by atoms with van der Waals surface area (Å²) in [5.74, 6) is -1.73. The minimum atomic E-state index is -0.589. The van der Waals surface area contributed by atoms with E-state index in [9.17, 15) is 14.4 Å². The van der Waals surface area contributed by atoms with Gasteiger partial charge in [-0.3, -0.25) is 24.8 Å². The molecule has 1 heterocycles. The predicted molar refractivity (Wildman–Crippen MR) is 97.7 cm³/mol. The van der Waals surface area contributed by atoms with Gasteiger partial charge >= 0.3 is 5.97 Å². The van der Waals surface area contributed by atoms with Gasteiger partial charge < -0.3 is 4.74 Å². The SMILES string of the molecule is O=C(NN1CC(C(=O)OCc2ccc(Br)cc2)CC1=O)c1ccccc1. The molecule has 0 aromatic heterocycles. The second-order valence-electron chi connectivity index (χ2n) is 5.95. The van der Waals surface area contributed by atoms with E-state index in [4.69, 9.17) is 4.74 Å². The highest BCUT2D eigenvalue weighted by Gasteiger charge is 2.36. The summed E-state index contributed by atoms with van der Waals surface area (Å²) in [6.45, 7) is 0.254. The molecule has 134 valence electrons. The van der Waals surface area contributed by atoms with Crippen molar-refractivity contribution in [1.29, 1.82) is 0 Å². The first-order valence-electron chi connectivity index (χ1n) is 8.10. The van der Waals surface area contributed by atoms with E-state index in [0.717, 1.165) is 10.0 Å². The summed E-state index contributed by atoms with van der Waals surface area (Å²) in [7, 11) is 0. The maximum absolute atomic E-state index is 12.2. The monoisotopic (exact) mass is 416 g/mol. The number of hydrogen-bond acceptors (Lipinski definition) is 4. The Labute approximate surface area is 159 Å². The summed E-state index contributed by atoms with van der Waals surface area (Å²) < 4.78 is 6.24. The third-order valence-corrected chi connectivity index (χ3v) is 4.55. The van der Waals surface area contributed by atoms with Crippen molar-refractivity contribution in [3.63, 3.8) is 0 Å². The largest absolute Gasteiger partial charge is 0.461 e. The lowest BCUT2D eigenvalue weighted by atomic mass is 10.1. The number of benzene rings is 2. The zero-order chi connectivity index (χ0) is 18.5. The summed E-state index contributed by atoms with van der Waals surface area (Å²) in [5.41, 5.74) is 3.85. The minimum Gasteiger partial charge on any atom is -0.461 e. The van der Waals surface area contributed by atoms with Crippen molar-refractivity contribution in [2.75, 3.05) is 6.54 Å². The highest BCUT2D eigenvalue weighted by atomic mass is 79.9. The van der Waals surface area contributed by atoms with Crippen LogP contribution in [0.5, 0.6) is 0 Å². The summed E-state index contributed by atoms with van der Waals surface area (Å²) in [4.78, 5) is 36.4. The number of amides is 2. The van der Waals surface area contributed by atoms with Crippen LogP contribution in [0.1, 0.15) is 22.3 Å². The highest BCUT2D eigenvalue weighted by molar-refractivity contribution is 9.10. The second-order valence-corrected chi connectivity index (χ2v) is 6.86. The highest BCUT2D eigenvalue weighted by Crippen LogP contribution is 2.19. The van der Waals surface area contributed by atoms with Gasteiger partial charge in [-0.05, 0) is 29.8 Å². The van der Waals surface area contributed by atoms with E-state index < -0.39 is 11.9 Å². The Bertz CT molecular complexity index is 808. The molecule has 1 fully saturated rings. The molecule has 0 spiro atoms. The van der Waals surface area contributed by atoms with Crippen LogP contribution in [0.15, 0.2) is 59.1 Å². The number of carbonyl (C=O) groups is 3. The molecule has 1 N–H and O–H groups in total. The van der Waals surface area contributed by atoms with Gasteiger partial charge in [0.25, 0.3) is 5.91 Å². The standard InChI is InChI=1S/C19H17BrN2O4/c20-16-8-6-13(7-9-16)12-26-19(25)15-10-17(23)22(11-15)21-18(24)14-4-2-1-3-5-14/h1-9,15H,10-12H2,(H,21,24). The van der Waals surface area contributed by atoms with E-state index in [0.29, 0.717) is 5.56 Å². The van der Waals surface area contributed by atoms with Crippen LogP contribution in [0.25, 0.3) is 0 Å². The van der Waals surface area contributed by atoms with Crippen LogP contribution in [0.3, 0.4) is 0 Å². The van der Waals surface area contributed by atoms with E-state index in [1.165, 1.54) is 5.01 Å². The molecule has 1 aliphatic rings. The molecule has 0 radical (unpaired) electrons. The Morgan fingerprint density at radius 3 is 2.50 bits per heavy atom. The number of carbonyl (C=O) groups excluding carboxylic acids is 3. The van der Waals surface area contributed by atoms with Crippen LogP contribution in [0.2, 0.25) is 0 Å². The molecule has 0 saturated carbocycles. The van der Waals surface area contributed by atoms with Crippen molar-refractivity contribution in [2.24, 2.45) is 5.92 Å². The average molecular weight is 417 g/mol. The number of esters is 1. The summed E-state index contributed by atoms with van der Waals surface area (Å²) in [6, 6.07) is 16.0. The molecule has 2 aromatic carbocycles. The first kappa shape index (κ1) is 18.1. The molecule has 1 unspecified atom stereocenters. The number of ether oxygens (including phenoxy) is 1. The fourth-order valence-electron chi connectivity index (χ4n) is 2.60. The van der Waals surface area contributed by atoms with Crippen LogP contribution < -0.4 is 5.43 Å². The molecular weight excluding hydrogens is 400 g/mol. The Morgan fingerprint density at radius 2 is 1.81 bits per heavy atom. The van der Waals surface area contributed by atoms with Gasteiger partial charge in [0.2, 0.25) is 5.91 Å². The van der Waals surface area contributed by atoms with Crippen molar-refractivity contribution >= 4 is 33.7 Å². The Kier molecular flexibility index (Phi) is 5.68. The van der Waals surface area contributed by atoms with E-state index in [2.05, 4.69) is 21.4 Å². The molecule has 3 rings (SSSR count). The van der Waals surface area contributed by atoms with Crippen molar-refractivity contribution in [3.8, 4) is 0 Å². The smallest absolute Gasteiger partial charge is 0.311 e. The quantitative estimate of drug-likeness (QED) is 0.760. The van der Waals surface area contributed by atoms with Gasteiger partial charge in [0.05, 0.1) is 12.5 Å². The third-order valence-electron chi connectivity index (χ3n) is 4.03. The van der Waals surface area contributed by atoms with Crippen LogP contribution in [-0.4, -0.2) is 29.3 Å². The van der Waals surface area contributed by atoms with Crippen LogP contribution in [0.4, 0.5) is 0 Å². The van der Waals surface area contributed by atoms with Crippen molar-refractivity contribution < 1.29 is 19.1 Å². The lowest BCUT2D eigenvalue weighted by Gasteiger charge is -2.17. The first-order chi connectivity index (χ1) is 12.5. The number of nitrogens with zero attached hydrogens (tertiary/aromatic N) is 1. The van der Waals surface area contributed by atoms with Crippen molar-refractivity contribution in [3.05, 3.63) is 70.2 Å². The van der Waals surface area contributed by atoms with Gasteiger partial charge in [-0.25, -0.2) is 0 Å². The maximum Gasteiger partial charge on any atom is 0.311 e. The van der Waals surface area contributed by atoms with Gasteiger partial charge in [-0.1, -0.05) is 46.3 Å². The molecule has 1 atom stereocenters. The fourth-order valence-corrected chi connectivity index (χ4v) is 2.87. The fraction of sp³-hybridized carbons (Fsp3) is 0.211. The van der Waals surface area contributed by atoms with Crippen LogP contribution in [0, 0.1) is 5.92 Å². The van der Waals surface area contributed by atoms with E-state index in [1.54, 1.807) is 30.3 Å². The lowest BCUT2D eigenvalue weighted by Crippen LogP contribution is -2.43. The number of hydrazine groups is 1. The normalized spacial score (nSPS) is 16.4. The van der Waals surface area contributed by atoms with Crippen molar-refractivity contribution in [2.45, 2.75) is 13.0 Å². The molecule has 7 heteroatoms. The predicted octanol–water partition coefficient (Wildman–Crippen LogP) is 2.69. The number of halogens is 1. The van der Waals surface area contributed by atoms with Gasteiger partial charge in [0.15, 0.2) is 0 Å². The Balaban J connectivity index is 1.52. The second kappa shape index (κ2) is 8.14.